The normalized spacial score (nSPS) is 10.5. The molecular formula is C23H18N2. The van der Waals surface area contributed by atoms with Gasteiger partial charge in [-0.1, -0.05) is 48.2 Å². The topological polar surface area (TPSA) is 16.1 Å². The highest BCUT2D eigenvalue weighted by atomic mass is 15.1. The first-order valence-electron chi connectivity index (χ1n) is 8.29. The molecule has 0 aliphatic heterocycles. The van der Waals surface area contributed by atoms with E-state index in [-0.39, 0.29) is 0 Å². The van der Waals surface area contributed by atoms with Crippen molar-refractivity contribution >= 4 is 27.5 Å². The molecule has 0 N–H and O–H groups in total. The fourth-order valence-electron chi connectivity index (χ4n) is 2.95. The average Bonchev–Trinajstić information content (AvgIpc) is 2.65. The number of hydrogen-bond acceptors (Lipinski definition) is 2. The summed E-state index contributed by atoms with van der Waals surface area (Å²) >= 11 is 0. The van der Waals surface area contributed by atoms with Crippen LogP contribution < -0.4 is 4.90 Å². The molecule has 4 rings (SSSR count). The fourth-order valence-corrected chi connectivity index (χ4v) is 2.95. The van der Waals surface area contributed by atoms with Gasteiger partial charge in [-0.05, 0) is 36.4 Å². The van der Waals surface area contributed by atoms with Crippen LogP contribution in [0.25, 0.3) is 21.8 Å². The van der Waals surface area contributed by atoms with Crippen molar-refractivity contribution in [3.05, 3.63) is 83.9 Å². The van der Waals surface area contributed by atoms with Crippen LogP contribution in [0.5, 0.6) is 0 Å². The van der Waals surface area contributed by atoms with E-state index < -0.39 is 0 Å². The minimum absolute atomic E-state index is 0.980. The van der Waals surface area contributed by atoms with Crippen molar-refractivity contribution in [2.75, 3.05) is 19.0 Å². The van der Waals surface area contributed by atoms with Gasteiger partial charge in [-0.3, -0.25) is 0 Å². The second-order valence-corrected chi connectivity index (χ2v) is 6.21. The Kier molecular flexibility index (Phi) is 3.84. The van der Waals surface area contributed by atoms with Crippen LogP contribution in [0.2, 0.25) is 0 Å². The van der Waals surface area contributed by atoms with Gasteiger partial charge < -0.3 is 4.90 Å². The predicted octanol–water partition coefficient (Wildman–Crippen LogP) is 4.85. The molecule has 0 saturated heterocycles. The van der Waals surface area contributed by atoms with Gasteiger partial charge in [0.25, 0.3) is 0 Å². The Bertz CT molecular complexity index is 1060. The zero-order valence-corrected chi connectivity index (χ0v) is 14.3. The highest BCUT2D eigenvalue weighted by molar-refractivity contribution is 6.00. The van der Waals surface area contributed by atoms with Gasteiger partial charge in [-0.2, -0.15) is 0 Å². The molecule has 2 heteroatoms. The predicted molar refractivity (Wildman–Crippen MR) is 106 cm³/mol. The molecule has 0 spiro atoms. The van der Waals surface area contributed by atoms with E-state index in [9.17, 15) is 0 Å². The van der Waals surface area contributed by atoms with Crippen molar-refractivity contribution in [2.24, 2.45) is 0 Å². The lowest BCUT2D eigenvalue weighted by atomic mass is 10.0. The quantitative estimate of drug-likeness (QED) is 0.368. The van der Waals surface area contributed by atoms with E-state index in [4.69, 9.17) is 4.98 Å². The summed E-state index contributed by atoms with van der Waals surface area (Å²) in [6, 6.07) is 24.7. The second kappa shape index (κ2) is 6.30. The molecule has 120 valence electrons. The van der Waals surface area contributed by atoms with Crippen LogP contribution in [-0.4, -0.2) is 19.1 Å². The number of aromatic nitrogens is 1. The number of pyridine rings is 1. The first kappa shape index (κ1) is 15.2. The summed E-state index contributed by atoms with van der Waals surface area (Å²) in [5.41, 5.74) is 5.18. The SMILES string of the molecule is CN(C)c1ccc(C#Cc2c3ccccc3nc3ccccc23)cc1. The summed E-state index contributed by atoms with van der Waals surface area (Å²) < 4.78 is 0. The van der Waals surface area contributed by atoms with Crippen LogP contribution in [0.3, 0.4) is 0 Å². The molecule has 0 atom stereocenters. The van der Waals surface area contributed by atoms with Crippen molar-refractivity contribution in [2.45, 2.75) is 0 Å². The fraction of sp³-hybridized carbons (Fsp3) is 0.0870. The molecular weight excluding hydrogens is 304 g/mol. The summed E-state index contributed by atoms with van der Waals surface area (Å²) in [6.45, 7) is 0. The Morgan fingerprint density at radius 1 is 0.680 bits per heavy atom. The van der Waals surface area contributed by atoms with Gasteiger partial charge in [-0.15, -0.1) is 0 Å². The molecule has 1 heterocycles. The summed E-state index contributed by atoms with van der Waals surface area (Å²) in [5, 5.41) is 2.19. The second-order valence-electron chi connectivity index (χ2n) is 6.21. The first-order valence-corrected chi connectivity index (χ1v) is 8.29. The summed E-state index contributed by atoms with van der Waals surface area (Å²) in [6.07, 6.45) is 0. The summed E-state index contributed by atoms with van der Waals surface area (Å²) in [5.74, 6) is 6.71. The molecule has 25 heavy (non-hydrogen) atoms. The summed E-state index contributed by atoms with van der Waals surface area (Å²) in [7, 11) is 4.08. The lowest BCUT2D eigenvalue weighted by Crippen LogP contribution is -2.07. The number of benzene rings is 3. The standard InChI is InChI=1S/C23H18N2/c1-25(2)18-14-11-17(12-15-18)13-16-19-20-7-3-5-9-22(20)24-23-10-6-4-8-21(19)23/h3-12,14-15H,1-2H3. The molecule has 1 aromatic heterocycles. The molecule has 0 unspecified atom stereocenters. The maximum atomic E-state index is 4.75. The first-order chi connectivity index (χ1) is 12.2. The zero-order valence-electron chi connectivity index (χ0n) is 14.3. The van der Waals surface area contributed by atoms with Crippen LogP contribution in [0, 0.1) is 11.8 Å². The van der Waals surface area contributed by atoms with E-state index in [1.54, 1.807) is 0 Å². The molecule has 0 fully saturated rings. The van der Waals surface area contributed by atoms with Crippen molar-refractivity contribution in [1.29, 1.82) is 0 Å². The van der Waals surface area contributed by atoms with Crippen LogP contribution in [0.15, 0.2) is 72.8 Å². The monoisotopic (exact) mass is 322 g/mol. The Morgan fingerprint density at radius 3 is 1.80 bits per heavy atom. The van der Waals surface area contributed by atoms with Gasteiger partial charge in [0, 0.05) is 41.7 Å². The van der Waals surface area contributed by atoms with E-state index >= 15 is 0 Å². The van der Waals surface area contributed by atoms with Gasteiger partial charge in [-0.25, -0.2) is 4.98 Å². The molecule has 0 radical (unpaired) electrons. The van der Waals surface area contributed by atoms with Gasteiger partial charge in [0.1, 0.15) is 0 Å². The molecule has 0 aliphatic carbocycles. The molecule has 0 saturated carbocycles. The van der Waals surface area contributed by atoms with Crippen molar-refractivity contribution in [1.82, 2.24) is 4.98 Å². The van der Waals surface area contributed by atoms with Crippen LogP contribution in [0.4, 0.5) is 5.69 Å². The van der Waals surface area contributed by atoms with E-state index in [0.717, 1.165) is 32.9 Å². The number of rotatable bonds is 1. The Morgan fingerprint density at radius 2 is 1.24 bits per heavy atom. The third kappa shape index (κ3) is 2.93. The van der Waals surface area contributed by atoms with Gasteiger partial charge in [0.15, 0.2) is 0 Å². The lowest BCUT2D eigenvalue weighted by Gasteiger charge is -2.11. The number of anilines is 1. The van der Waals surface area contributed by atoms with Crippen LogP contribution in [-0.2, 0) is 0 Å². The molecule has 2 nitrogen and oxygen atoms in total. The third-order valence-corrected chi connectivity index (χ3v) is 4.30. The van der Waals surface area contributed by atoms with Gasteiger partial charge >= 0.3 is 0 Å². The van der Waals surface area contributed by atoms with E-state index in [2.05, 4.69) is 53.1 Å². The van der Waals surface area contributed by atoms with Crippen molar-refractivity contribution < 1.29 is 0 Å². The third-order valence-electron chi connectivity index (χ3n) is 4.30. The largest absolute Gasteiger partial charge is 0.378 e. The van der Waals surface area contributed by atoms with Crippen molar-refractivity contribution in [3.8, 4) is 11.8 Å². The Balaban J connectivity index is 1.88. The average molecular weight is 322 g/mol. The Labute approximate surface area is 147 Å². The lowest BCUT2D eigenvalue weighted by molar-refractivity contribution is 1.13. The highest BCUT2D eigenvalue weighted by Crippen LogP contribution is 2.25. The van der Waals surface area contributed by atoms with Gasteiger partial charge in [0.05, 0.1) is 11.0 Å². The maximum absolute atomic E-state index is 4.75. The van der Waals surface area contributed by atoms with Crippen LogP contribution in [0.1, 0.15) is 11.1 Å². The van der Waals surface area contributed by atoms with Crippen molar-refractivity contribution in [3.63, 3.8) is 0 Å². The highest BCUT2D eigenvalue weighted by Gasteiger charge is 2.06. The minimum Gasteiger partial charge on any atom is -0.378 e. The number of para-hydroxylation sites is 2. The van der Waals surface area contributed by atoms with E-state index in [1.165, 1.54) is 5.69 Å². The molecule has 3 aromatic carbocycles. The smallest absolute Gasteiger partial charge is 0.0722 e. The molecule has 0 bridgehead atoms. The van der Waals surface area contributed by atoms with Gasteiger partial charge in [0.2, 0.25) is 0 Å². The molecule has 4 aromatic rings. The Hall–Kier alpha value is -3.31. The van der Waals surface area contributed by atoms with Crippen LogP contribution >= 0.6 is 0 Å². The number of hydrogen-bond donors (Lipinski definition) is 0. The molecule has 0 amide bonds. The zero-order chi connectivity index (χ0) is 17.2. The molecule has 0 aliphatic rings. The summed E-state index contributed by atoms with van der Waals surface area (Å²) in [4.78, 5) is 6.84. The number of nitrogens with zero attached hydrogens (tertiary/aromatic N) is 2. The minimum atomic E-state index is 0.980. The number of fused-ring (bicyclic) bond motifs is 2. The van der Waals surface area contributed by atoms with E-state index in [1.807, 2.05) is 50.5 Å². The maximum Gasteiger partial charge on any atom is 0.0722 e. The van der Waals surface area contributed by atoms with E-state index in [0.29, 0.717) is 0 Å².